The van der Waals surface area contributed by atoms with Gasteiger partial charge in [0.15, 0.2) is 5.13 Å². The molecule has 0 unspecified atom stereocenters. The second kappa shape index (κ2) is 8.38. The van der Waals surface area contributed by atoms with E-state index in [9.17, 15) is 14.0 Å². The molecule has 5 rings (SSSR count). The summed E-state index contributed by atoms with van der Waals surface area (Å²) >= 11 is 1.21. The smallest absolute Gasteiger partial charge is 0.349 e. The minimum absolute atomic E-state index is 0.0666. The molecular formula is C25H20FN3O3S. The largest absolute Gasteiger partial charge is 0.422 e. The Bertz CT molecular complexity index is 1570. The van der Waals surface area contributed by atoms with Crippen LogP contribution >= 0.6 is 11.3 Å². The van der Waals surface area contributed by atoms with Gasteiger partial charge in [-0.1, -0.05) is 41.7 Å². The Balaban J connectivity index is 1.64. The zero-order valence-electron chi connectivity index (χ0n) is 18.0. The van der Waals surface area contributed by atoms with E-state index >= 15 is 0 Å². The van der Waals surface area contributed by atoms with Gasteiger partial charge in [0.2, 0.25) is 0 Å². The van der Waals surface area contributed by atoms with Gasteiger partial charge in [-0.15, -0.1) is 0 Å². The number of anilines is 1. The lowest BCUT2D eigenvalue weighted by atomic mass is 10.0. The maximum Gasteiger partial charge on any atom is 0.349 e. The van der Waals surface area contributed by atoms with E-state index in [1.807, 2.05) is 49.3 Å². The number of likely N-dealkylation sites (N-methyl/N-ethyl adjacent to an activating group) is 1. The molecule has 3 aromatic carbocycles. The van der Waals surface area contributed by atoms with Gasteiger partial charge in [0, 0.05) is 18.5 Å². The number of carbonyl (C=O) groups is 1. The number of benzene rings is 3. The predicted molar refractivity (Wildman–Crippen MR) is 130 cm³/mol. The van der Waals surface area contributed by atoms with Crippen LogP contribution in [-0.2, 0) is 0 Å². The summed E-state index contributed by atoms with van der Waals surface area (Å²) in [5, 5.41) is 2.97. The molecule has 1 amide bonds. The quantitative estimate of drug-likeness (QED) is 0.275. The van der Waals surface area contributed by atoms with Crippen LogP contribution in [0.1, 0.15) is 10.4 Å². The third-order valence-corrected chi connectivity index (χ3v) is 6.50. The minimum atomic E-state index is -0.704. The van der Waals surface area contributed by atoms with Crippen molar-refractivity contribution in [2.24, 2.45) is 0 Å². The van der Waals surface area contributed by atoms with Gasteiger partial charge in [0.05, 0.1) is 10.2 Å². The number of aromatic nitrogens is 1. The van der Waals surface area contributed by atoms with Gasteiger partial charge in [0.25, 0.3) is 5.91 Å². The van der Waals surface area contributed by atoms with Crippen LogP contribution in [0, 0.1) is 5.82 Å². The molecule has 2 heterocycles. The molecular weight excluding hydrogens is 441 g/mol. The molecule has 166 valence electrons. The van der Waals surface area contributed by atoms with Crippen molar-refractivity contribution >= 4 is 54.3 Å². The first-order valence-corrected chi connectivity index (χ1v) is 11.2. The van der Waals surface area contributed by atoms with Gasteiger partial charge in [-0.05, 0) is 55.2 Å². The topological polar surface area (TPSA) is 66.7 Å². The molecule has 0 saturated carbocycles. The molecule has 2 aromatic heterocycles. The van der Waals surface area contributed by atoms with Crippen molar-refractivity contribution in [2.75, 3.05) is 32.1 Å². The first kappa shape index (κ1) is 21.2. The lowest BCUT2D eigenvalue weighted by Crippen LogP contribution is -2.38. The van der Waals surface area contributed by atoms with E-state index in [4.69, 9.17) is 4.42 Å². The normalized spacial score (nSPS) is 11.6. The van der Waals surface area contributed by atoms with Crippen LogP contribution in [0.4, 0.5) is 9.52 Å². The Kier molecular flexibility index (Phi) is 5.39. The summed E-state index contributed by atoms with van der Waals surface area (Å²) in [7, 11) is 3.79. The van der Waals surface area contributed by atoms with Crippen molar-refractivity contribution in [1.29, 1.82) is 0 Å². The second-order valence-corrected chi connectivity index (χ2v) is 9.02. The number of hydrogen-bond acceptors (Lipinski definition) is 6. The third-order valence-electron chi connectivity index (χ3n) is 5.46. The number of hydrogen-bond donors (Lipinski definition) is 0. The van der Waals surface area contributed by atoms with E-state index in [-0.39, 0.29) is 11.4 Å². The van der Waals surface area contributed by atoms with Crippen molar-refractivity contribution in [2.45, 2.75) is 0 Å². The molecule has 33 heavy (non-hydrogen) atoms. The molecule has 0 N–H and O–H groups in total. The molecule has 6 nitrogen and oxygen atoms in total. The molecule has 0 aliphatic carbocycles. The van der Waals surface area contributed by atoms with Crippen molar-refractivity contribution < 1.29 is 13.6 Å². The Morgan fingerprint density at radius 3 is 2.67 bits per heavy atom. The summed E-state index contributed by atoms with van der Waals surface area (Å²) in [6.45, 7) is 0.860. The number of carbonyl (C=O) groups excluding carboxylic acids is 1. The van der Waals surface area contributed by atoms with Crippen LogP contribution < -0.4 is 10.5 Å². The highest BCUT2D eigenvalue weighted by molar-refractivity contribution is 7.22. The first-order chi connectivity index (χ1) is 15.9. The average Bonchev–Trinajstić information content (AvgIpc) is 3.21. The molecule has 0 fully saturated rings. The highest BCUT2D eigenvalue weighted by Gasteiger charge is 2.25. The van der Waals surface area contributed by atoms with Gasteiger partial charge in [-0.3, -0.25) is 9.69 Å². The molecule has 0 aliphatic rings. The average molecular weight is 462 g/mol. The van der Waals surface area contributed by atoms with Crippen LogP contribution in [-0.4, -0.2) is 43.0 Å². The first-order valence-electron chi connectivity index (χ1n) is 10.4. The Morgan fingerprint density at radius 2 is 1.85 bits per heavy atom. The second-order valence-electron chi connectivity index (χ2n) is 8.01. The van der Waals surface area contributed by atoms with Gasteiger partial charge < -0.3 is 9.32 Å². The fourth-order valence-corrected chi connectivity index (χ4v) is 4.77. The molecule has 0 spiro atoms. The fourth-order valence-electron chi connectivity index (χ4n) is 3.75. The summed E-state index contributed by atoms with van der Waals surface area (Å²) in [4.78, 5) is 34.4. The van der Waals surface area contributed by atoms with Gasteiger partial charge >= 0.3 is 5.63 Å². The van der Waals surface area contributed by atoms with E-state index in [1.54, 1.807) is 18.2 Å². The van der Waals surface area contributed by atoms with Crippen LogP contribution in [0.25, 0.3) is 32.0 Å². The summed E-state index contributed by atoms with van der Waals surface area (Å²) < 4.78 is 19.8. The van der Waals surface area contributed by atoms with Crippen LogP contribution in [0.2, 0.25) is 0 Å². The summed E-state index contributed by atoms with van der Waals surface area (Å²) in [6, 6.07) is 17.2. The van der Waals surface area contributed by atoms with E-state index in [0.717, 1.165) is 10.8 Å². The summed E-state index contributed by atoms with van der Waals surface area (Å²) in [5.41, 5.74) is 0.244. The molecule has 0 aliphatic heterocycles. The zero-order chi connectivity index (χ0) is 23.1. The summed E-state index contributed by atoms with van der Waals surface area (Å²) in [6.07, 6.45) is 0. The van der Waals surface area contributed by atoms with E-state index in [0.29, 0.717) is 39.4 Å². The SMILES string of the molecule is CN(C)CCN(C(=O)c1cc2c(ccc3ccccc32)oc1=O)c1nc2ccc(F)cc2s1. The molecule has 5 aromatic rings. The highest BCUT2D eigenvalue weighted by atomic mass is 32.1. The monoisotopic (exact) mass is 461 g/mol. The molecule has 0 atom stereocenters. The van der Waals surface area contributed by atoms with Crippen molar-refractivity contribution in [3.8, 4) is 0 Å². The van der Waals surface area contributed by atoms with Crippen molar-refractivity contribution in [3.05, 3.63) is 82.5 Å². The number of halogens is 1. The van der Waals surface area contributed by atoms with Crippen LogP contribution in [0.15, 0.2) is 69.9 Å². The fraction of sp³-hybridized carbons (Fsp3) is 0.160. The lowest BCUT2D eigenvalue weighted by molar-refractivity contribution is 0.0982. The molecule has 8 heteroatoms. The molecule has 0 saturated heterocycles. The molecule has 0 bridgehead atoms. The van der Waals surface area contributed by atoms with Crippen LogP contribution in [0.5, 0.6) is 0 Å². The number of amides is 1. The van der Waals surface area contributed by atoms with E-state index in [2.05, 4.69) is 4.98 Å². The Morgan fingerprint density at radius 1 is 1.03 bits per heavy atom. The van der Waals surface area contributed by atoms with Gasteiger partial charge in [-0.25, -0.2) is 14.2 Å². The zero-order valence-corrected chi connectivity index (χ0v) is 18.9. The van der Waals surface area contributed by atoms with Crippen molar-refractivity contribution in [3.63, 3.8) is 0 Å². The minimum Gasteiger partial charge on any atom is -0.422 e. The van der Waals surface area contributed by atoms with E-state index < -0.39 is 11.5 Å². The Labute approximate surface area is 192 Å². The van der Waals surface area contributed by atoms with Crippen molar-refractivity contribution in [1.82, 2.24) is 9.88 Å². The maximum absolute atomic E-state index is 13.7. The Hall–Kier alpha value is -3.62. The van der Waals surface area contributed by atoms with E-state index in [1.165, 1.54) is 28.4 Å². The number of rotatable bonds is 5. The van der Waals surface area contributed by atoms with Gasteiger partial charge in [0.1, 0.15) is 17.0 Å². The standard InChI is InChI=1S/C25H20FN3O3S/c1-28(2)11-12-29(25-27-20-9-8-16(26)13-22(20)33-25)23(30)19-14-18-17-6-4-3-5-15(17)7-10-21(18)32-24(19)31/h3-10,13-14H,11-12H2,1-2H3. The lowest BCUT2D eigenvalue weighted by Gasteiger charge is -2.21. The van der Waals surface area contributed by atoms with Crippen LogP contribution in [0.3, 0.4) is 0 Å². The number of nitrogens with zero attached hydrogens (tertiary/aromatic N) is 3. The third kappa shape index (κ3) is 3.99. The summed E-state index contributed by atoms with van der Waals surface area (Å²) in [5.74, 6) is -0.870. The molecule has 0 radical (unpaired) electrons. The maximum atomic E-state index is 13.7. The number of fused-ring (bicyclic) bond motifs is 4. The predicted octanol–water partition coefficient (Wildman–Crippen LogP) is 4.90. The van der Waals surface area contributed by atoms with Gasteiger partial charge in [-0.2, -0.15) is 0 Å². The number of thiazole rings is 1. The highest BCUT2D eigenvalue weighted by Crippen LogP contribution is 2.31.